The number of imide groups is 1. The number of hydrogen-bond acceptors (Lipinski definition) is 4. The van der Waals surface area contributed by atoms with Crippen LogP contribution in [0.1, 0.15) is 27.0 Å². The highest BCUT2D eigenvalue weighted by atomic mass is 35.5. The standard InChI is InChI=1S/C22H23B5ClF2N3O4/c23-14-15(24)20(25,18(36)31-16(14)34)33-8-9-7-11(3-6-13(9)17(33)35)22(26,27)32-19(37)21(29,30)10-1-4-12(28)5-2-10/h1-7,14-15H,8,23-27H2,(H,32,37)(H,31,34,36)/t14?,15?,20-/m1/s1. The fraction of sp³-hybridized carbons (Fsp3) is 0.273. The highest BCUT2D eigenvalue weighted by Crippen LogP contribution is 2.41. The van der Waals surface area contributed by atoms with E-state index in [1.165, 1.54) is 17.0 Å². The predicted octanol–water partition coefficient (Wildman–Crippen LogP) is -2.59. The first-order valence-electron chi connectivity index (χ1n) is 11.9. The van der Waals surface area contributed by atoms with E-state index in [2.05, 4.69) is 10.6 Å². The van der Waals surface area contributed by atoms with Crippen molar-refractivity contribution in [3.63, 3.8) is 0 Å². The number of rotatable bonds is 5. The number of benzene rings is 2. The largest absolute Gasteiger partial charge is 0.357 e. The Morgan fingerprint density at radius 1 is 1.08 bits per heavy atom. The minimum Gasteiger partial charge on any atom is -0.357 e. The molecule has 2 unspecified atom stereocenters. The molecule has 2 N–H and O–H groups in total. The molecule has 15 heteroatoms. The Balaban J connectivity index is 1.59. The van der Waals surface area contributed by atoms with Crippen molar-refractivity contribution in [2.45, 2.75) is 34.9 Å². The van der Waals surface area contributed by atoms with Crippen LogP contribution in [0.4, 0.5) is 8.78 Å². The number of hydrogen-bond donors (Lipinski definition) is 2. The monoisotopic (exact) mass is 521 g/mol. The Bertz CT molecular complexity index is 1330. The molecule has 2 heterocycles. The van der Waals surface area contributed by atoms with Crippen LogP contribution in [0.3, 0.4) is 0 Å². The Kier molecular flexibility index (Phi) is 6.63. The molecule has 37 heavy (non-hydrogen) atoms. The van der Waals surface area contributed by atoms with Gasteiger partial charge in [0.05, 0.1) is 5.44 Å². The number of halogens is 3. The van der Waals surface area contributed by atoms with Gasteiger partial charge in [-0.05, 0) is 35.1 Å². The summed E-state index contributed by atoms with van der Waals surface area (Å²) in [5.74, 6) is -7.46. The highest BCUT2D eigenvalue weighted by Gasteiger charge is 2.54. The van der Waals surface area contributed by atoms with Crippen molar-refractivity contribution in [1.29, 1.82) is 0 Å². The topological polar surface area (TPSA) is 95.6 Å². The minimum absolute atomic E-state index is 0.0993. The van der Waals surface area contributed by atoms with Gasteiger partial charge in [-0.3, -0.25) is 24.5 Å². The molecule has 2 aromatic carbocycles. The quantitative estimate of drug-likeness (QED) is 0.334. The van der Waals surface area contributed by atoms with Gasteiger partial charge in [0.1, 0.15) is 39.2 Å². The van der Waals surface area contributed by atoms with Crippen molar-refractivity contribution in [3.05, 3.63) is 69.7 Å². The van der Waals surface area contributed by atoms with E-state index in [0.29, 0.717) is 16.7 Å². The fourth-order valence-corrected chi connectivity index (χ4v) is 5.08. The van der Waals surface area contributed by atoms with E-state index in [0.717, 1.165) is 12.1 Å². The van der Waals surface area contributed by atoms with E-state index in [4.69, 9.17) is 11.6 Å². The molecule has 2 aliphatic heterocycles. The molecule has 0 radical (unpaired) electrons. The second kappa shape index (κ2) is 9.08. The lowest BCUT2D eigenvalue weighted by Crippen LogP contribution is -2.67. The molecule has 0 spiro atoms. The molecule has 1 fully saturated rings. The van der Waals surface area contributed by atoms with Gasteiger partial charge in [0, 0.05) is 33.8 Å². The third-order valence-corrected chi connectivity index (χ3v) is 8.11. The molecule has 2 aromatic rings. The van der Waals surface area contributed by atoms with Gasteiger partial charge >= 0.3 is 5.92 Å². The van der Waals surface area contributed by atoms with Crippen molar-refractivity contribution in [3.8, 4) is 0 Å². The normalized spacial score (nSPS) is 24.0. The second-order valence-electron chi connectivity index (χ2n) is 10.5. The first-order valence-corrected chi connectivity index (χ1v) is 12.3. The first kappa shape index (κ1) is 27.0. The number of carbonyl (C=O) groups excluding carboxylic acids is 4. The third kappa shape index (κ3) is 4.39. The van der Waals surface area contributed by atoms with Crippen LogP contribution >= 0.6 is 11.6 Å². The zero-order valence-corrected chi connectivity index (χ0v) is 21.9. The summed E-state index contributed by atoms with van der Waals surface area (Å²) in [6.45, 7) is 0.0993. The summed E-state index contributed by atoms with van der Waals surface area (Å²) in [6.07, 6.45) is 0. The summed E-state index contributed by atoms with van der Waals surface area (Å²) in [7, 11) is 8.29. The SMILES string of the molecule is BC1C(=O)NC(=O)[C@](B)(N2Cc3cc(C(B)(B)NC(=O)C(F)(F)c4ccc(Cl)cc4)ccc3C2=O)C1B. The van der Waals surface area contributed by atoms with E-state index >= 15 is 0 Å². The van der Waals surface area contributed by atoms with Crippen LogP contribution in [0.15, 0.2) is 42.5 Å². The van der Waals surface area contributed by atoms with Gasteiger partial charge in [-0.1, -0.05) is 35.9 Å². The smallest absolute Gasteiger partial charge is 0.349 e. The molecule has 0 saturated carbocycles. The number of nitrogens with one attached hydrogen (secondary N) is 2. The van der Waals surface area contributed by atoms with E-state index in [1.807, 2.05) is 0 Å². The molecule has 3 atom stereocenters. The van der Waals surface area contributed by atoms with Crippen LogP contribution < -0.4 is 10.6 Å². The number of alkyl halides is 2. The average molecular weight is 521 g/mol. The van der Waals surface area contributed by atoms with Gasteiger partial charge < -0.3 is 10.2 Å². The fourth-order valence-electron chi connectivity index (χ4n) is 4.95. The van der Waals surface area contributed by atoms with Crippen molar-refractivity contribution in [2.24, 2.45) is 0 Å². The lowest BCUT2D eigenvalue weighted by Gasteiger charge is -2.47. The molecule has 4 amide bonds. The molecule has 4 rings (SSSR count). The second-order valence-corrected chi connectivity index (χ2v) is 10.9. The molecule has 1 saturated heterocycles. The van der Waals surface area contributed by atoms with Gasteiger partial charge in [-0.2, -0.15) is 8.78 Å². The number of carbonyl (C=O) groups is 4. The summed E-state index contributed by atoms with van der Waals surface area (Å²) in [4.78, 5) is 52.4. The molecule has 7 nitrogen and oxygen atoms in total. The third-order valence-electron chi connectivity index (χ3n) is 7.86. The van der Waals surface area contributed by atoms with Crippen molar-refractivity contribution >= 4 is 74.5 Å². The van der Waals surface area contributed by atoms with Crippen LogP contribution in [0.2, 0.25) is 16.7 Å². The lowest BCUT2D eigenvalue weighted by molar-refractivity contribution is -0.147. The summed E-state index contributed by atoms with van der Waals surface area (Å²) in [6, 6.07) is 9.62. The van der Waals surface area contributed by atoms with Crippen molar-refractivity contribution in [2.75, 3.05) is 0 Å². The molecular formula is C22H23B5ClF2N3O4. The summed E-state index contributed by atoms with van der Waals surface area (Å²) in [5, 5.41) is 3.84. The van der Waals surface area contributed by atoms with Crippen molar-refractivity contribution in [1.82, 2.24) is 15.5 Å². The highest BCUT2D eigenvalue weighted by molar-refractivity contribution is 6.44. The number of amides is 4. The molecule has 186 valence electrons. The number of piperidine rings is 1. The maximum absolute atomic E-state index is 14.9. The van der Waals surface area contributed by atoms with Crippen LogP contribution in [0.5, 0.6) is 0 Å². The van der Waals surface area contributed by atoms with Gasteiger partial charge in [0.25, 0.3) is 11.8 Å². The van der Waals surface area contributed by atoms with Gasteiger partial charge in [0.15, 0.2) is 0 Å². The maximum atomic E-state index is 14.9. The van der Waals surface area contributed by atoms with Crippen molar-refractivity contribution < 1.29 is 28.0 Å². The Labute approximate surface area is 222 Å². The molecule has 0 bridgehead atoms. The Hall–Kier alpha value is -3.01. The Morgan fingerprint density at radius 2 is 1.68 bits per heavy atom. The van der Waals surface area contributed by atoms with Crippen LogP contribution in [-0.2, 0) is 32.2 Å². The minimum atomic E-state index is -3.79. The summed E-state index contributed by atoms with van der Waals surface area (Å²) < 4.78 is 29.7. The predicted molar refractivity (Wildman–Crippen MR) is 148 cm³/mol. The van der Waals surface area contributed by atoms with E-state index in [-0.39, 0.29) is 23.4 Å². The maximum Gasteiger partial charge on any atom is 0.349 e. The summed E-state index contributed by atoms with van der Waals surface area (Å²) in [5.41, 5.74) is -0.256. The molecule has 0 aliphatic carbocycles. The van der Waals surface area contributed by atoms with Crippen LogP contribution in [0.25, 0.3) is 0 Å². The number of nitrogens with zero attached hydrogens (tertiary/aromatic N) is 1. The van der Waals surface area contributed by atoms with Crippen LogP contribution in [0, 0.1) is 0 Å². The van der Waals surface area contributed by atoms with Crippen LogP contribution in [-0.4, -0.2) is 73.2 Å². The lowest BCUT2D eigenvalue weighted by atomic mass is 9.48. The van der Waals surface area contributed by atoms with E-state index in [9.17, 15) is 28.0 Å². The zero-order valence-electron chi connectivity index (χ0n) is 21.1. The van der Waals surface area contributed by atoms with Gasteiger partial charge in [-0.15, -0.1) is 0 Å². The van der Waals surface area contributed by atoms with Gasteiger partial charge in [-0.25, -0.2) is 0 Å². The first-order chi connectivity index (χ1) is 17.1. The molecule has 0 aromatic heterocycles. The zero-order chi connectivity index (χ0) is 27.5. The average Bonchev–Trinajstić information content (AvgIpc) is 3.17. The van der Waals surface area contributed by atoms with Gasteiger partial charge in [0.2, 0.25) is 11.8 Å². The summed E-state index contributed by atoms with van der Waals surface area (Å²) >= 11 is 5.77. The number of fused-ring (bicyclic) bond motifs is 1. The molecular weight excluding hydrogens is 498 g/mol. The van der Waals surface area contributed by atoms with E-state index in [1.54, 1.807) is 57.4 Å². The van der Waals surface area contributed by atoms with E-state index < -0.39 is 45.7 Å². The molecule has 2 aliphatic rings. The Morgan fingerprint density at radius 3 is 2.30 bits per heavy atom.